The van der Waals surface area contributed by atoms with Gasteiger partial charge in [-0.1, -0.05) is 45.0 Å². The van der Waals surface area contributed by atoms with Crippen molar-refractivity contribution < 1.29 is 4.79 Å². The smallest absolute Gasteiger partial charge is 0.211 e. The van der Waals surface area contributed by atoms with Gasteiger partial charge in [0.1, 0.15) is 0 Å². The summed E-state index contributed by atoms with van der Waals surface area (Å²) in [6.07, 6.45) is 1.66. The number of hydrogen-bond acceptors (Lipinski definition) is 2. The third-order valence-electron chi connectivity index (χ3n) is 2.72. The van der Waals surface area contributed by atoms with E-state index >= 15 is 0 Å². The van der Waals surface area contributed by atoms with Gasteiger partial charge in [-0.2, -0.15) is 4.99 Å². The lowest BCUT2D eigenvalue weighted by atomic mass is 9.78. The highest BCUT2D eigenvalue weighted by Gasteiger charge is 2.27. The lowest BCUT2D eigenvalue weighted by molar-refractivity contribution is 0.500. The van der Waals surface area contributed by atoms with Gasteiger partial charge in [0.2, 0.25) is 6.08 Å². The molecule has 86 valence electrons. The molecule has 0 heterocycles. The molecule has 0 spiro atoms. The molecule has 16 heavy (non-hydrogen) atoms. The van der Waals surface area contributed by atoms with Crippen molar-refractivity contribution in [3.05, 3.63) is 35.4 Å². The highest BCUT2D eigenvalue weighted by Crippen LogP contribution is 2.34. The van der Waals surface area contributed by atoms with Crippen LogP contribution in [0.4, 0.5) is 0 Å². The lowest BCUT2D eigenvalue weighted by Gasteiger charge is -2.28. The van der Waals surface area contributed by atoms with E-state index in [-0.39, 0.29) is 5.41 Å². The number of benzene rings is 1. The maximum atomic E-state index is 10.5. The molecule has 0 aliphatic rings. The van der Waals surface area contributed by atoms with Crippen LogP contribution in [0.25, 0.3) is 0 Å². The minimum Gasteiger partial charge on any atom is -0.211 e. The van der Waals surface area contributed by atoms with Gasteiger partial charge in [-0.15, -0.1) is 0 Å². The number of carbonyl (C=O) groups excluding carboxylic acids is 1. The summed E-state index contributed by atoms with van der Waals surface area (Å²) in [4.78, 5) is 14.4. The number of hydrogen-bond donors (Lipinski definition) is 0. The zero-order valence-electron chi connectivity index (χ0n) is 10.7. The molecule has 1 aromatic rings. The number of aliphatic imine (C=N–C) groups is 1. The molecule has 0 amide bonds. The topological polar surface area (TPSA) is 29.4 Å². The second kappa shape index (κ2) is 4.23. The van der Waals surface area contributed by atoms with Crippen molar-refractivity contribution in [2.45, 2.75) is 45.6 Å². The Balaban J connectivity index is 3.40. The summed E-state index contributed by atoms with van der Waals surface area (Å²) in [7, 11) is 0. The summed E-state index contributed by atoms with van der Waals surface area (Å²) >= 11 is 0. The van der Waals surface area contributed by atoms with Gasteiger partial charge in [0.25, 0.3) is 0 Å². The Morgan fingerprint density at radius 2 is 1.50 bits per heavy atom. The maximum Gasteiger partial charge on any atom is 0.235 e. The molecule has 0 saturated carbocycles. The summed E-state index contributed by atoms with van der Waals surface area (Å²) in [6, 6.07) is 8.12. The molecule has 0 fully saturated rings. The molecular formula is C14H19NO. The van der Waals surface area contributed by atoms with Crippen molar-refractivity contribution in [3.8, 4) is 0 Å². The van der Waals surface area contributed by atoms with Crippen LogP contribution in [0.2, 0.25) is 0 Å². The fourth-order valence-electron chi connectivity index (χ4n) is 1.84. The molecule has 0 aliphatic carbocycles. The molecule has 2 heteroatoms. The van der Waals surface area contributed by atoms with Gasteiger partial charge in [0, 0.05) is 0 Å². The molecule has 0 N–H and O–H groups in total. The van der Waals surface area contributed by atoms with Crippen LogP contribution in [0, 0.1) is 0 Å². The Kier molecular flexibility index (Phi) is 3.35. The fraction of sp³-hybridized carbons (Fsp3) is 0.500. The number of isocyanates is 1. The van der Waals surface area contributed by atoms with Gasteiger partial charge in [0.15, 0.2) is 0 Å². The Hall–Kier alpha value is -1.40. The second-order valence-corrected chi connectivity index (χ2v) is 5.56. The highest BCUT2D eigenvalue weighted by atomic mass is 16.1. The Morgan fingerprint density at radius 1 is 1.00 bits per heavy atom. The van der Waals surface area contributed by atoms with Crippen LogP contribution in [0.15, 0.2) is 29.3 Å². The van der Waals surface area contributed by atoms with Crippen molar-refractivity contribution in [1.82, 2.24) is 0 Å². The summed E-state index contributed by atoms with van der Waals surface area (Å²) in [5.41, 5.74) is 1.85. The summed E-state index contributed by atoms with van der Waals surface area (Å²) in [6.45, 7) is 10.3. The predicted octanol–water partition coefficient (Wildman–Crippen LogP) is 3.56. The van der Waals surface area contributed by atoms with Gasteiger partial charge in [0.05, 0.1) is 5.54 Å². The average molecular weight is 217 g/mol. The first kappa shape index (κ1) is 12.7. The van der Waals surface area contributed by atoms with Crippen LogP contribution in [0.1, 0.15) is 45.7 Å². The zero-order chi connectivity index (χ0) is 12.4. The SMILES string of the molecule is CC(C)(C)c1ccccc1C(C)(C)N=C=O. The predicted molar refractivity (Wildman–Crippen MR) is 66.3 cm³/mol. The van der Waals surface area contributed by atoms with E-state index in [1.54, 1.807) is 6.08 Å². The van der Waals surface area contributed by atoms with Crippen molar-refractivity contribution in [2.24, 2.45) is 4.99 Å². The molecule has 0 aromatic heterocycles. The molecule has 0 radical (unpaired) electrons. The van der Waals surface area contributed by atoms with E-state index in [0.29, 0.717) is 0 Å². The van der Waals surface area contributed by atoms with E-state index in [2.05, 4.69) is 31.8 Å². The molecular weight excluding hydrogens is 198 g/mol. The standard InChI is InChI=1S/C14H19NO/c1-13(2,3)11-8-6-7-9-12(11)14(4,5)15-10-16/h6-9H,1-5H3. The fourth-order valence-corrected chi connectivity index (χ4v) is 1.84. The molecule has 2 nitrogen and oxygen atoms in total. The van der Waals surface area contributed by atoms with Gasteiger partial charge in [-0.3, -0.25) is 0 Å². The maximum absolute atomic E-state index is 10.5. The first-order valence-corrected chi connectivity index (χ1v) is 5.48. The van der Waals surface area contributed by atoms with Gasteiger partial charge >= 0.3 is 0 Å². The van der Waals surface area contributed by atoms with E-state index in [1.165, 1.54) is 5.56 Å². The quantitative estimate of drug-likeness (QED) is 0.550. The Labute approximate surface area is 97.4 Å². The van der Waals surface area contributed by atoms with Crippen molar-refractivity contribution in [1.29, 1.82) is 0 Å². The van der Waals surface area contributed by atoms with Crippen LogP contribution in [0.5, 0.6) is 0 Å². The van der Waals surface area contributed by atoms with Gasteiger partial charge in [-0.05, 0) is 30.4 Å². The van der Waals surface area contributed by atoms with Gasteiger partial charge < -0.3 is 0 Å². The third-order valence-corrected chi connectivity index (χ3v) is 2.72. The monoisotopic (exact) mass is 217 g/mol. The molecule has 0 unspecified atom stereocenters. The van der Waals surface area contributed by atoms with Crippen molar-refractivity contribution >= 4 is 6.08 Å². The lowest BCUT2D eigenvalue weighted by Crippen LogP contribution is -2.22. The van der Waals surface area contributed by atoms with E-state index in [9.17, 15) is 4.79 Å². The Bertz CT molecular complexity index is 421. The molecule has 0 atom stereocenters. The van der Waals surface area contributed by atoms with Crippen LogP contribution >= 0.6 is 0 Å². The number of nitrogens with zero attached hydrogens (tertiary/aromatic N) is 1. The highest BCUT2D eigenvalue weighted by molar-refractivity contribution is 5.42. The molecule has 0 aliphatic heterocycles. The number of rotatable bonds is 2. The molecule has 0 saturated heterocycles. The first-order valence-electron chi connectivity index (χ1n) is 5.48. The van der Waals surface area contributed by atoms with Gasteiger partial charge in [-0.25, -0.2) is 4.79 Å². The largest absolute Gasteiger partial charge is 0.235 e. The summed E-state index contributed by atoms with van der Waals surface area (Å²) < 4.78 is 0. The molecule has 0 bridgehead atoms. The second-order valence-electron chi connectivity index (χ2n) is 5.56. The van der Waals surface area contributed by atoms with Crippen LogP contribution in [0.3, 0.4) is 0 Å². The van der Waals surface area contributed by atoms with E-state index < -0.39 is 5.54 Å². The molecule has 1 aromatic carbocycles. The summed E-state index contributed by atoms with van der Waals surface area (Å²) in [5, 5.41) is 0. The van der Waals surface area contributed by atoms with E-state index in [4.69, 9.17) is 0 Å². The van der Waals surface area contributed by atoms with Crippen molar-refractivity contribution in [2.75, 3.05) is 0 Å². The van der Waals surface area contributed by atoms with E-state index in [0.717, 1.165) is 5.56 Å². The summed E-state index contributed by atoms with van der Waals surface area (Å²) in [5.74, 6) is 0. The minimum absolute atomic E-state index is 0.0479. The van der Waals surface area contributed by atoms with Crippen LogP contribution in [-0.4, -0.2) is 6.08 Å². The minimum atomic E-state index is -0.508. The van der Waals surface area contributed by atoms with Crippen molar-refractivity contribution in [3.63, 3.8) is 0 Å². The zero-order valence-corrected chi connectivity index (χ0v) is 10.7. The normalized spacial score (nSPS) is 12.1. The Morgan fingerprint density at radius 3 is 1.94 bits per heavy atom. The van der Waals surface area contributed by atoms with Crippen LogP contribution in [-0.2, 0) is 15.7 Å². The molecule has 1 rings (SSSR count). The average Bonchev–Trinajstić information content (AvgIpc) is 2.16. The van der Waals surface area contributed by atoms with E-state index in [1.807, 2.05) is 32.0 Å². The third kappa shape index (κ3) is 2.59. The first-order chi connectivity index (χ1) is 7.29. The van der Waals surface area contributed by atoms with Crippen LogP contribution < -0.4 is 0 Å².